The van der Waals surface area contributed by atoms with Gasteiger partial charge in [-0.3, -0.25) is 9.69 Å². The van der Waals surface area contributed by atoms with Crippen LogP contribution in [0.3, 0.4) is 0 Å². The maximum absolute atomic E-state index is 14.2. The summed E-state index contributed by atoms with van der Waals surface area (Å²) in [4.78, 5) is 31.5. The van der Waals surface area contributed by atoms with Gasteiger partial charge in [-0.15, -0.1) is 0 Å². The minimum atomic E-state index is -5.08. The maximum Gasteiger partial charge on any atom is 0.419 e. The smallest absolute Gasteiger partial charge is 0.419 e. The van der Waals surface area contributed by atoms with Gasteiger partial charge in [0.2, 0.25) is 0 Å². The molecule has 47 heavy (non-hydrogen) atoms. The average Bonchev–Trinajstić information content (AvgIpc) is 3.89. The van der Waals surface area contributed by atoms with Crippen LogP contribution in [0.15, 0.2) is 30.3 Å². The quantitative estimate of drug-likeness (QED) is 0.291. The number of nitrogens with zero attached hydrogens (tertiary/aromatic N) is 3. The Morgan fingerprint density at radius 3 is 2.34 bits per heavy atom. The van der Waals surface area contributed by atoms with E-state index in [1.165, 1.54) is 19.2 Å². The van der Waals surface area contributed by atoms with Crippen molar-refractivity contribution in [1.29, 1.82) is 0 Å². The molecule has 8 nitrogen and oxygen atoms in total. The minimum absolute atomic E-state index is 0.00907. The number of carbonyl (C=O) groups excluding carboxylic acids is 2. The third kappa shape index (κ3) is 6.35. The molecule has 0 radical (unpaired) electrons. The zero-order valence-corrected chi connectivity index (χ0v) is 25.7. The zero-order chi connectivity index (χ0) is 33.9. The Morgan fingerprint density at radius 1 is 1.00 bits per heavy atom. The van der Waals surface area contributed by atoms with Crippen molar-refractivity contribution in [2.45, 2.75) is 69.2 Å². The summed E-state index contributed by atoms with van der Waals surface area (Å²) in [5, 5.41) is 0. The predicted molar refractivity (Wildman–Crippen MR) is 153 cm³/mol. The summed E-state index contributed by atoms with van der Waals surface area (Å²) in [5.74, 6) is -2.73. The second-order valence-corrected chi connectivity index (χ2v) is 12.6. The van der Waals surface area contributed by atoms with E-state index in [1.807, 2.05) is 6.92 Å². The molecular formula is C32H34F7N3O5. The summed E-state index contributed by atoms with van der Waals surface area (Å²) >= 11 is 0. The number of hydrogen-bond acceptors (Lipinski definition) is 7. The van der Waals surface area contributed by atoms with Gasteiger partial charge in [-0.25, -0.2) is 9.18 Å². The van der Waals surface area contributed by atoms with E-state index in [0.29, 0.717) is 44.2 Å². The topological polar surface area (TPSA) is 71.6 Å². The van der Waals surface area contributed by atoms with Crippen molar-refractivity contribution in [3.8, 4) is 5.75 Å². The number of alkyl halides is 6. The molecule has 0 N–H and O–H groups in total. The molecule has 256 valence electrons. The normalized spacial score (nSPS) is 25.6. The molecule has 0 unspecified atom stereocenters. The van der Waals surface area contributed by atoms with E-state index in [2.05, 4.69) is 9.80 Å². The fourth-order valence-corrected chi connectivity index (χ4v) is 7.09. The monoisotopic (exact) mass is 673 g/mol. The van der Waals surface area contributed by atoms with Gasteiger partial charge < -0.3 is 24.0 Å². The first kappa shape index (κ1) is 33.3. The van der Waals surface area contributed by atoms with Crippen molar-refractivity contribution in [2.75, 3.05) is 45.0 Å². The van der Waals surface area contributed by atoms with Gasteiger partial charge in [0, 0.05) is 43.0 Å². The number of halogens is 7. The van der Waals surface area contributed by atoms with Gasteiger partial charge in [-0.1, -0.05) is 0 Å². The minimum Gasteiger partial charge on any atom is -0.472 e. The van der Waals surface area contributed by atoms with Gasteiger partial charge in [-0.05, 0) is 68.9 Å². The Bertz CT molecular complexity index is 1540. The molecule has 15 heteroatoms. The summed E-state index contributed by atoms with van der Waals surface area (Å²) in [7, 11) is 1.19. The molecule has 1 amide bonds. The van der Waals surface area contributed by atoms with Crippen LogP contribution in [-0.4, -0.2) is 79.4 Å². The van der Waals surface area contributed by atoms with Gasteiger partial charge in [-0.2, -0.15) is 26.3 Å². The Morgan fingerprint density at radius 2 is 1.74 bits per heavy atom. The van der Waals surface area contributed by atoms with Crippen LogP contribution in [0.25, 0.3) is 0 Å². The SMILES string of the molecule is COC(=O)c1cc(N2CCN([C@@H]3CC[C@@](C(=O)N4COc5c(cc(C(F)(F)F)cc5C(F)(F)F)C4)(C4CC4)OC3)C[C@@H]2C)ccc1F. The first-order chi connectivity index (χ1) is 22.1. The van der Waals surface area contributed by atoms with Crippen LogP contribution in [0.1, 0.15) is 59.7 Å². The highest BCUT2D eigenvalue weighted by Crippen LogP contribution is 2.49. The maximum atomic E-state index is 14.2. The van der Waals surface area contributed by atoms with Crippen molar-refractivity contribution >= 4 is 17.6 Å². The van der Waals surface area contributed by atoms with Crippen LogP contribution >= 0.6 is 0 Å². The van der Waals surface area contributed by atoms with Crippen LogP contribution in [0, 0.1) is 11.7 Å². The predicted octanol–water partition coefficient (Wildman–Crippen LogP) is 5.87. The van der Waals surface area contributed by atoms with E-state index < -0.39 is 65.8 Å². The zero-order valence-electron chi connectivity index (χ0n) is 25.7. The second kappa shape index (κ2) is 12.1. The highest BCUT2D eigenvalue weighted by Gasteiger charge is 2.56. The van der Waals surface area contributed by atoms with Crippen LogP contribution in [0.5, 0.6) is 5.75 Å². The molecule has 6 rings (SSSR count). The number of esters is 1. The lowest BCUT2D eigenvalue weighted by atomic mass is 9.85. The fourth-order valence-electron chi connectivity index (χ4n) is 7.09. The molecule has 2 aromatic carbocycles. The number of anilines is 1. The molecule has 4 aliphatic rings. The molecule has 2 saturated heterocycles. The van der Waals surface area contributed by atoms with Crippen LogP contribution in [0.2, 0.25) is 0 Å². The number of fused-ring (bicyclic) bond motifs is 1. The molecule has 1 saturated carbocycles. The lowest BCUT2D eigenvalue weighted by Crippen LogP contribution is -2.61. The number of piperazine rings is 1. The van der Waals surface area contributed by atoms with Crippen molar-refractivity contribution in [1.82, 2.24) is 9.80 Å². The number of amides is 1. The summed E-state index contributed by atoms with van der Waals surface area (Å²) in [6.07, 6.45) is -7.72. The van der Waals surface area contributed by atoms with Gasteiger partial charge >= 0.3 is 18.3 Å². The lowest BCUT2D eigenvalue weighted by Gasteiger charge is -2.48. The summed E-state index contributed by atoms with van der Waals surface area (Å²) in [6.45, 7) is 3.07. The van der Waals surface area contributed by atoms with E-state index in [-0.39, 0.29) is 41.8 Å². The first-order valence-electron chi connectivity index (χ1n) is 15.4. The van der Waals surface area contributed by atoms with E-state index in [9.17, 15) is 40.3 Å². The van der Waals surface area contributed by atoms with Crippen molar-refractivity contribution in [3.63, 3.8) is 0 Å². The number of carbonyl (C=O) groups is 2. The fraction of sp³-hybridized carbons (Fsp3) is 0.562. The molecule has 1 aliphatic carbocycles. The third-order valence-corrected chi connectivity index (χ3v) is 9.65. The van der Waals surface area contributed by atoms with E-state index in [1.54, 1.807) is 6.07 Å². The van der Waals surface area contributed by atoms with E-state index in [4.69, 9.17) is 14.2 Å². The number of methoxy groups -OCH3 is 1. The average molecular weight is 674 g/mol. The molecule has 3 aliphatic heterocycles. The Hall–Kier alpha value is -3.59. The third-order valence-electron chi connectivity index (χ3n) is 9.65. The van der Waals surface area contributed by atoms with Crippen LogP contribution < -0.4 is 9.64 Å². The summed E-state index contributed by atoms with van der Waals surface area (Å²) in [6, 6.07) is 4.93. The molecule has 0 aromatic heterocycles. The first-order valence-corrected chi connectivity index (χ1v) is 15.4. The molecule has 3 heterocycles. The highest BCUT2D eigenvalue weighted by molar-refractivity contribution is 5.91. The Labute approximate surface area is 266 Å². The Balaban J connectivity index is 1.13. The van der Waals surface area contributed by atoms with E-state index >= 15 is 0 Å². The molecule has 3 atom stereocenters. The molecule has 3 fully saturated rings. The van der Waals surface area contributed by atoms with Gasteiger partial charge in [0.15, 0.2) is 6.73 Å². The van der Waals surface area contributed by atoms with Crippen LogP contribution in [-0.2, 0) is 33.2 Å². The summed E-state index contributed by atoms with van der Waals surface area (Å²) < 4.78 is 112. The molecule has 0 bridgehead atoms. The number of ether oxygens (including phenoxy) is 3. The standard InChI is InChI=1S/C32H34F7N3O5/c1-18-14-40(9-10-42(18)22-5-6-26(33)24(13-22)28(43)45-2)23-7-8-30(47-16-23,20-3-4-20)29(44)41-15-19-11-21(31(34,35)36)12-25(32(37,38)39)27(19)46-17-41/h5-6,11-13,18,20,23H,3-4,7-10,14-17H2,1-2H3/t18-,23+,30-/m0/s1. The molecule has 0 spiro atoms. The van der Waals surface area contributed by atoms with E-state index in [0.717, 1.165) is 17.7 Å². The van der Waals surface area contributed by atoms with Crippen molar-refractivity contribution < 1.29 is 54.5 Å². The lowest BCUT2D eigenvalue weighted by molar-refractivity contribution is -0.180. The van der Waals surface area contributed by atoms with Gasteiger partial charge in [0.1, 0.15) is 17.2 Å². The van der Waals surface area contributed by atoms with Crippen molar-refractivity contribution in [2.24, 2.45) is 5.92 Å². The number of rotatable bonds is 5. The largest absolute Gasteiger partial charge is 0.472 e. The highest BCUT2D eigenvalue weighted by atomic mass is 19.4. The Kier molecular flexibility index (Phi) is 8.60. The van der Waals surface area contributed by atoms with Crippen molar-refractivity contribution in [3.05, 3.63) is 58.4 Å². The number of benzene rings is 2. The van der Waals surface area contributed by atoms with Crippen LogP contribution in [0.4, 0.5) is 36.4 Å². The molecular weight excluding hydrogens is 639 g/mol. The van der Waals surface area contributed by atoms with Gasteiger partial charge in [0.25, 0.3) is 5.91 Å². The molecule has 2 aromatic rings. The van der Waals surface area contributed by atoms with Gasteiger partial charge in [0.05, 0.1) is 37.0 Å². The second-order valence-electron chi connectivity index (χ2n) is 12.6. The number of hydrogen-bond donors (Lipinski definition) is 0. The summed E-state index contributed by atoms with van der Waals surface area (Å²) in [5.41, 5.74) is -4.05.